The number of aliphatic carboxylic acids is 1. The van der Waals surface area contributed by atoms with Gasteiger partial charge in [0.1, 0.15) is 11.6 Å². The molecule has 0 saturated heterocycles. The summed E-state index contributed by atoms with van der Waals surface area (Å²) < 4.78 is 5.06. The van der Waals surface area contributed by atoms with Crippen LogP contribution in [0.2, 0.25) is 0 Å². The van der Waals surface area contributed by atoms with Gasteiger partial charge in [-0.3, -0.25) is 19.2 Å². The number of fused-ring (bicyclic) bond motifs is 5. The number of ether oxygens (including phenoxy) is 1. The predicted octanol–water partition coefficient (Wildman–Crippen LogP) is 1.52. The first-order valence-corrected chi connectivity index (χ1v) is 12.6. The van der Waals surface area contributed by atoms with Gasteiger partial charge in [0, 0.05) is 18.3 Å². The van der Waals surface area contributed by atoms with Crippen LogP contribution in [0.1, 0.15) is 71.6 Å². The number of hydrogen-bond donors (Lipinski definition) is 4. The number of rotatable bonds is 7. The summed E-state index contributed by atoms with van der Waals surface area (Å²) in [7, 11) is 0. The van der Waals surface area contributed by atoms with Crippen molar-refractivity contribution in [3.8, 4) is 0 Å². The summed E-state index contributed by atoms with van der Waals surface area (Å²) in [4.78, 5) is 48.1. The predicted molar refractivity (Wildman–Crippen MR) is 124 cm³/mol. The molecule has 4 aliphatic carbocycles. The molecular formula is C26H37NO8. The molecule has 0 aliphatic heterocycles. The molecule has 9 nitrogen and oxygen atoms in total. The van der Waals surface area contributed by atoms with Crippen LogP contribution >= 0.6 is 0 Å². The average Bonchev–Trinajstić information content (AvgIpc) is 3.06. The molecular weight excluding hydrogens is 454 g/mol. The minimum Gasteiger partial charge on any atom is -0.481 e. The smallest absolute Gasteiger partial charge is 0.323 e. The zero-order valence-corrected chi connectivity index (χ0v) is 20.5. The third-order valence-corrected chi connectivity index (χ3v) is 9.83. The Bertz CT molecular complexity index is 961. The molecule has 0 amide bonds. The van der Waals surface area contributed by atoms with Crippen LogP contribution in [0, 0.1) is 28.6 Å². The Morgan fingerprint density at radius 1 is 1.20 bits per heavy atom. The first-order chi connectivity index (χ1) is 16.3. The number of aliphatic hydroxyl groups excluding tert-OH is 1. The van der Waals surface area contributed by atoms with Crippen LogP contribution in [0.25, 0.3) is 0 Å². The number of carbonyl (C=O) groups excluding carboxylic acids is 3. The van der Waals surface area contributed by atoms with E-state index in [4.69, 9.17) is 15.6 Å². The van der Waals surface area contributed by atoms with E-state index in [9.17, 15) is 29.4 Å². The lowest BCUT2D eigenvalue weighted by Gasteiger charge is -2.60. The second-order valence-corrected chi connectivity index (χ2v) is 11.5. The summed E-state index contributed by atoms with van der Waals surface area (Å²) in [6.07, 6.45) is 4.51. The number of Topliss-reactive ketones (excluding diaryl/α,β-unsaturated/α-hetero) is 1. The Morgan fingerprint density at radius 3 is 2.60 bits per heavy atom. The average molecular weight is 492 g/mol. The second kappa shape index (κ2) is 9.09. The number of carbonyl (C=O) groups is 4. The molecule has 0 heterocycles. The van der Waals surface area contributed by atoms with Crippen molar-refractivity contribution in [3.05, 3.63) is 11.6 Å². The standard InChI is InChI=1S/C26H37NO8/c1-24-9-7-15(28)11-14(24)3-4-16-17-8-10-26(34,25(17,2)12-19(29)22(16)24)20(30)13-35-23(33)18(27)5-6-21(31)32/h11,16-19,22,29,34H,3-10,12-13,27H2,1-2H3,(H,31,32)/t16-,17+,18+,19+,22+,24-,25+,26-/m0/s1. The van der Waals surface area contributed by atoms with Crippen molar-refractivity contribution in [1.29, 1.82) is 0 Å². The molecule has 0 unspecified atom stereocenters. The zero-order valence-electron chi connectivity index (χ0n) is 20.5. The minimum atomic E-state index is -1.74. The lowest BCUT2D eigenvalue weighted by molar-refractivity contribution is -0.184. The number of carboxylic acid groups (broad SMARTS) is 1. The van der Waals surface area contributed by atoms with E-state index in [-0.39, 0.29) is 54.6 Å². The Kier molecular flexibility index (Phi) is 6.74. The molecule has 0 aromatic carbocycles. The number of ketones is 2. The Morgan fingerprint density at radius 2 is 1.91 bits per heavy atom. The highest BCUT2D eigenvalue weighted by Gasteiger charge is 2.68. The molecule has 35 heavy (non-hydrogen) atoms. The minimum absolute atomic E-state index is 0.0226. The molecule has 8 atom stereocenters. The van der Waals surface area contributed by atoms with Crippen LogP contribution in [0.3, 0.4) is 0 Å². The second-order valence-electron chi connectivity index (χ2n) is 11.5. The van der Waals surface area contributed by atoms with Crippen LogP contribution in [0.5, 0.6) is 0 Å². The van der Waals surface area contributed by atoms with Gasteiger partial charge in [-0.05, 0) is 74.2 Å². The monoisotopic (exact) mass is 491 g/mol. The fourth-order valence-corrected chi connectivity index (χ4v) is 7.91. The molecule has 0 bridgehead atoms. The number of esters is 1. The molecule has 0 aromatic heterocycles. The Hall–Kier alpha value is -2.10. The molecule has 0 aromatic rings. The highest BCUT2D eigenvalue weighted by Crippen LogP contribution is 2.67. The van der Waals surface area contributed by atoms with Gasteiger partial charge in [0.2, 0.25) is 5.78 Å². The van der Waals surface area contributed by atoms with E-state index >= 15 is 0 Å². The van der Waals surface area contributed by atoms with E-state index in [1.54, 1.807) is 6.08 Å². The number of nitrogens with two attached hydrogens (primary N) is 1. The van der Waals surface area contributed by atoms with E-state index in [0.717, 1.165) is 18.4 Å². The van der Waals surface area contributed by atoms with Crippen LogP contribution in [0.15, 0.2) is 11.6 Å². The van der Waals surface area contributed by atoms with Gasteiger partial charge >= 0.3 is 11.9 Å². The van der Waals surface area contributed by atoms with Gasteiger partial charge in [0.25, 0.3) is 0 Å². The number of hydrogen-bond acceptors (Lipinski definition) is 8. The maximum absolute atomic E-state index is 13.2. The first-order valence-electron chi connectivity index (χ1n) is 12.6. The van der Waals surface area contributed by atoms with Gasteiger partial charge < -0.3 is 25.8 Å². The van der Waals surface area contributed by atoms with Crippen molar-refractivity contribution in [2.24, 2.45) is 34.3 Å². The van der Waals surface area contributed by atoms with Crippen molar-refractivity contribution < 1.29 is 39.2 Å². The van der Waals surface area contributed by atoms with Crippen molar-refractivity contribution >= 4 is 23.5 Å². The fourth-order valence-electron chi connectivity index (χ4n) is 7.91. The zero-order chi connectivity index (χ0) is 25.8. The Labute approximate surface area is 205 Å². The quantitative estimate of drug-likeness (QED) is 0.386. The lowest BCUT2D eigenvalue weighted by atomic mass is 9.45. The lowest BCUT2D eigenvalue weighted by Crippen LogP contribution is -2.62. The normalized spacial score (nSPS) is 41.2. The van der Waals surface area contributed by atoms with E-state index in [1.165, 1.54) is 0 Å². The third-order valence-electron chi connectivity index (χ3n) is 9.83. The highest BCUT2D eigenvalue weighted by atomic mass is 16.5. The summed E-state index contributed by atoms with van der Waals surface area (Å²) in [6, 6.07) is -1.16. The number of allylic oxidation sites excluding steroid dienone is 1. The van der Waals surface area contributed by atoms with E-state index in [1.807, 2.05) is 6.92 Å². The summed E-state index contributed by atoms with van der Waals surface area (Å²) in [5.74, 6) is -2.32. The van der Waals surface area contributed by atoms with Crippen molar-refractivity contribution in [2.75, 3.05) is 6.61 Å². The van der Waals surface area contributed by atoms with Crippen molar-refractivity contribution in [1.82, 2.24) is 0 Å². The van der Waals surface area contributed by atoms with Crippen molar-refractivity contribution in [3.63, 3.8) is 0 Å². The SMILES string of the molecule is C[C@]12CCC(=O)C=C1CC[C@@H]1[C@@H]2[C@H](O)C[C@]2(C)[C@@H]1CC[C@]2(O)C(=O)COC(=O)[C@H](N)CCC(=O)O. The van der Waals surface area contributed by atoms with Gasteiger partial charge in [0.05, 0.1) is 6.10 Å². The van der Waals surface area contributed by atoms with Gasteiger partial charge in [-0.2, -0.15) is 0 Å². The summed E-state index contributed by atoms with van der Waals surface area (Å²) in [6.45, 7) is 3.36. The van der Waals surface area contributed by atoms with Gasteiger partial charge in [-0.15, -0.1) is 0 Å². The molecule has 0 spiro atoms. The molecule has 3 fully saturated rings. The van der Waals surface area contributed by atoms with Crippen LogP contribution in [-0.4, -0.2) is 63.2 Å². The van der Waals surface area contributed by atoms with Crippen LogP contribution in [0.4, 0.5) is 0 Å². The maximum atomic E-state index is 13.2. The third kappa shape index (κ3) is 4.15. The molecule has 5 N–H and O–H groups in total. The van der Waals surface area contributed by atoms with Crippen LogP contribution in [-0.2, 0) is 23.9 Å². The topological polar surface area (TPSA) is 164 Å². The summed E-state index contributed by atoms with van der Waals surface area (Å²) >= 11 is 0. The van der Waals surface area contributed by atoms with Crippen molar-refractivity contribution in [2.45, 2.75) is 89.4 Å². The number of aliphatic hydroxyl groups is 2. The van der Waals surface area contributed by atoms with Crippen LogP contribution < -0.4 is 5.73 Å². The molecule has 3 saturated carbocycles. The fraction of sp³-hybridized carbons (Fsp3) is 0.769. The summed E-state index contributed by atoms with van der Waals surface area (Å²) in [5, 5.41) is 31.8. The molecule has 9 heteroatoms. The van der Waals surface area contributed by atoms with Gasteiger partial charge in [-0.25, -0.2) is 0 Å². The highest BCUT2D eigenvalue weighted by molar-refractivity contribution is 5.92. The summed E-state index contributed by atoms with van der Waals surface area (Å²) in [5.41, 5.74) is 3.91. The van der Waals surface area contributed by atoms with Gasteiger partial charge in [0.15, 0.2) is 12.4 Å². The maximum Gasteiger partial charge on any atom is 0.323 e. The molecule has 4 aliphatic rings. The van der Waals surface area contributed by atoms with E-state index in [2.05, 4.69) is 6.92 Å². The Balaban J connectivity index is 1.49. The number of carboxylic acids is 1. The first kappa shape index (κ1) is 26.0. The van der Waals surface area contributed by atoms with E-state index < -0.39 is 47.5 Å². The van der Waals surface area contributed by atoms with E-state index in [0.29, 0.717) is 19.3 Å². The molecule has 0 radical (unpaired) electrons. The van der Waals surface area contributed by atoms with Gasteiger partial charge in [-0.1, -0.05) is 19.4 Å². The molecule has 194 valence electrons. The molecule has 4 rings (SSSR count). The largest absolute Gasteiger partial charge is 0.481 e.